The average Bonchev–Trinajstić information content (AvgIpc) is 1.61. The molecule has 40 nitrogen and oxygen atoms in total. The fourth-order valence-electron chi connectivity index (χ4n) is 12.8. The van der Waals surface area contributed by atoms with E-state index in [1.807, 2.05) is 52.0 Å². The van der Waals surface area contributed by atoms with Crippen molar-refractivity contribution in [2.45, 2.75) is 86.4 Å². The number of aromatic nitrogens is 3. The number of pyridine rings is 3. The molecule has 8 N–H and O–H groups in total. The van der Waals surface area contributed by atoms with Crippen molar-refractivity contribution in [1.82, 2.24) is 29.7 Å². The van der Waals surface area contributed by atoms with Crippen LogP contribution in [-0.2, 0) is 95.8 Å². The second kappa shape index (κ2) is 45.0. The fourth-order valence-corrected chi connectivity index (χ4v) is 17.0. The fraction of sp³-hybridized carbons (Fsp3) is 0.349. The van der Waals surface area contributed by atoms with Crippen molar-refractivity contribution < 1.29 is 84.3 Å². The third-order valence-electron chi connectivity index (χ3n) is 21.1. The average molecular weight is 2120 g/mol. The Labute approximate surface area is 815 Å². The van der Waals surface area contributed by atoms with Gasteiger partial charge in [0.2, 0.25) is 66.0 Å². The highest BCUT2D eigenvalue weighted by atomic mass is 79.9. The number of halogens is 4. The standard InChI is InChI=1S/C22H26N4O4S.C17H19ClN4O3S.C9H12N2O4S.2C9H14N2O2S.C8H9BrN2O4S.C8H6Cl2N2O.C4H7NO/c1-13-5-8-16(19(9-13)26(3)31(4,29)30)24-17-10-15(11-20(27)14-6-7-14)23-18-12-25(2)22(28)21(17)18;1-10-5-6-11(14(7-10)22(3)26(4,24)25)19-12-8-15(18)20-13-9-21(2)17(23)16(12)13;1-7-4-5-8(11(12)13)9(6-7)10(2)16(3,14)15;2*1-7-4-5-8(10)9(6-7)11(2)14(3,12)13;1-10(16(2,14)15)8-5-6(9)3-4-7(8)11(12)13;1-12-3-5-7(8(12)13)4(9)2-6(10)11-5;5-4(6)3-1-2-3/h5,8-10,14H,6-7,11-12H2,1-4H3,(H,23,24);5-8H,9H2,1-4H3,(H,19,20);4-6H,1-3H3;2*4-6H,10H2,1-3H3;3-5H,1-2H3;2H,3H2,1H3;3H,1-2H2,(H2,5,6). The van der Waals surface area contributed by atoms with Gasteiger partial charge in [0, 0.05) is 98.3 Å². The van der Waals surface area contributed by atoms with E-state index in [0.29, 0.717) is 131 Å². The number of amides is 4. The molecule has 0 unspecified atom stereocenters. The summed E-state index contributed by atoms with van der Waals surface area (Å²) in [4.78, 5) is 96.8. The van der Waals surface area contributed by atoms with E-state index in [1.165, 1.54) is 95.9 Å². The Bertz CT molecular complexity index is 6730. The predicted molar refractivity (Wildman–Crippen MR) is 537 cm³/mol. The first-order chi connectivity index (χ1) is 62.6. The third kappa shape index (κ3) is 30.1. The van der Waals surface area contributed by atoms with Gasteiger partial charge in [0.25, 0.3) is 29.1 Å². The minimum absolute atomic E-state index is 0.0295. The monoisotopic (exact) mass is 2120 g/mol. The highest BCUT2D eigenvalue weighted by Gasteiger charge is 2.36. The van der Waals surface area contributed by atoms with Crippen LogP contribution < -0.4 is 53.7 Å². The molecule has 2 fully saturated rings. The molecule has 9 aromatic rings. The lowest BCUT2D eigenvalue weighted by Gasteiger charge is -2.22. The van der Waals surface area contributed by atoms with Crippen LogP contribution in [0.2, 0.25) is 15.3 Å². The largest absolute Gasteiger partial charge is 0.397 e. The van der Waals surface area contributed by atoms with Crippen molar-refractivity contribution in [3.8, 4) is 0 Å². The number of nitrogens with zero attached hydrogens (tertiary/aromatic N) is 14. The summed E-state index contributed by atoms with van der Waals surface area (Å²) >= 11 is 20.8. The van der Waals surface area contributed by atoms with Crippen molar-refractivity contribution >= 4 is 220 Å². The molecule has 0 bridgehead atoms. The normalized spacial score (nSPS) is 13.5. The molecule has 6 heterocycles. The maximum Gasteiger partial charge on any atom is 0.293 e. The zero-order valence-electron chi connectivity index (χ0n) is 78.0. The number of Topliss-reactive ketones (excluding diaryl/α,β-unsaturated/α-hetero) is 1. The van der Waals surface area contributed by atoms with E-state index in [2.05, 4.69) is 41.5 Å². The maximum absolute atomic E-state index is 12.8. The van der Waals surface area contributed by atoms with Crippen LogP contribution in [0.15, 0.2) is 132 Å². The molecule has 3 aromatic heterocycles. The van der Waals surface area contributed by atoms with Gasteiger partial charge in [-0.05, 0) is 173 Å². The van der Waals surface area contributed by atoms with Gasteiger partial charge in [0.15, 0.2) is 0 Å². The number of nitro benzene ring substituents is 2. The van der Waals surface area contributed by atoms with E-state index in [4.69, 9.17) is 52.0 Å². The van der Waals surface area contributed by atoms with E-state index >= 15 is 0 Å². The Morgan fingerprint density at radius 1 is 0.419 bits per heavy atom. The number of primary amides is 1. The first-order valence-electron chi connectivity index (χ1n) is 40.6. The van der Waals surface area contributed by atoms with Crippen molar-refractivity contribution in [1.29, 1.82) is 0 Å². The van der Waals surface area contributed by atoms with Gasteiger partial charge >= 0.3 is 0 Å². The Hall–Kier alpha value is -11.8. The van der Waals surface area contributed by atoms with E-state index in [9.17, 15) is 94.7 Å². The molecule has 136 heavy (non-hydrogen) atoms. The van der Waals surface area contributed by atoms with Crippen LogP contribution in [-0.4, -0.2) is 220 Å². The predicted octanol–water partition coefficient (Wildman–Crippen LogP) is 12.3. The first-order valence-corrected chi connectivity index (χ1v) is 53.6. The number of anilines is 12. The van der Waals surface area contributed by atoms with Crippen LogP contribution in [0.25, 0.3) is 0 Å². The molecule has 4 amide bonds. The number of fused-ring (bicyclic) bond motifs is 3. The van der Waals surface area contributed by atoms with Crippen LogP contribution in [0, 0.1) is 66.7 Å². The quantitative estimate of drug-likeness (QED) is 0.0182. The lowest BCUT2D eigenvalue weighted by atomic mass is 10.1. The summed E-state index contributed by atoms with van der Waals surface area (Å²) in [6, 6.07) is 34.7. The lowest BCUT2D eigenvalue weighted by Crippen LogP contribution is -2.25. The summed E-state index contributed by atoms with van der Waals surface area (Å²) in [5.41, 5.74) is 29.3. The van der Waals surface area contributed by atoms with Crippen LogP contribution in [0.3, 0.4) is 0 Å². The highest BCUT2D eigenvalue weighted by molar-refractivity contribution is 9.10. The first kappa shape index (κ1) is 111. The molecular weight excluding hydrogens is 2010 g/mol. The minimum Gasteiger partial charge on any atom is -0.397 e. The molecule has 0 spiro atoms. The number of rotatable bonds is 22. The summed E-state index contributed by atoms with van der Waals surface area (Å²) in [5.74, 6) is 0.00274. The van der Waals surface area contributed by atoms with Gasteiger partial charge in [0.05, 0.1) is 168 Å². The van der Waals surface area contributed by atoms with Crippen LogP contribution in [0.4, 0.5) is 79.6 Å². The van der Waals surface area contributed by atoms with Crippen LogP contribution >= 0.6 is 50.7 Å². The summed E-state index contributed by atoms with van der Waals surface area (Å²) in [6.45, 7) is 10.5. The number of nitrogens with one attached hydrogen (secondary N) is 2. The van der Waals surface area contributed by atoms with E-state index in [1.54, 1.807) is 109 Å². The molecule has 6 aromatic carbocycles. The summed E-state index contributed by atoms with van der Waals surface area (Å²) in [5, 5.41) is 28.9. The molecule has 0 atom stereocenters. The number of nitrogen functional groups attached to an aromatic ring is 2. The molecule has 50 heteroatoms. The van der Waals surface area contributed by atoms with Crippen LogP contribution in [0.5, 0.6) is 0 Å². The number of nitro groups is 2. The molecule has 736 valence electrons. The van der Waals surface area contributed by atoms with Gasteiger partial charge in [-0.25, -0.2) is 60.5 Å². The zero-order chi connectivity index (χ0) is 103. The SMILES string of the molecule is CN(c1cc(Br)ccc1[N+](=O)[O-])S(C)(=O)=O.CN1Cc2nc(Cl)cc(Cl)c2C1=O.Cc1ccc(N)c(N(C)S(C)(=O)=O)c1.Cc1ccc(N)c(N(C)S(C)(=O)=O)c1.Cc1ccc(Nc2cc(CC(=O)C3CC3)nc3c2C(=O)N(C)C3)c(N(C)S(C)(=O)=O)c1.Cc1ccc(Nc2cc(Cl)nc3c2C(=O)N(C)C3)c(N(C)S(C)(=O)=O)c1.Cc1ccc([N+](=O)[O-])c(N(C)S(C)(=O)=O)c1.NC(=O)C1CC1. The minimum atomic E-state index is -3.52. The van der Waals surface area contributed by atoms with E-state index in [0.717, 1.165) is 99.6 Å². The summed E-state index contributed by atoms with van der Waals surface area (Å²) < 4.78 is 146. The molecule has 0 radical (unpaired) electrons. The molecule has 5 aliphatic rings. The maximum atomic E-state index is 12.8. The third-order valence-corrected chi connectivity index (χ3v) is 29.5. The van der Waals surface area contributed by atoms with Gasteiger partial charge in [-0.3, -0.25) is 75.0 Å². The molecule has 3 aliphatic heterocycles. The van der Waals surface area contributed by atoms with Crippen molar-refractivity contribution in [2.24, 2.45) is 17.6 Å². The van der Waals surface area contributed by atoms with Gasteiger partial charge < -0.3 is 42.5 Å². The number of aryl methyl sites for hydroxylation is 5. The van der Waals surface area contributed by atoms with Crippen molar-refractivity contribution in [2.75, 3.05) is 149 Å². The van der Waals surface area contributed by atoms with Gasteiger partial charge in [0.1, 0.15) is 27.5 Å². The molecule has 0 saturated heterocycles. The van der Waals surface area contributed by atoms with Gasteiger partial charge in [-0.2, -0.15) is 0 Å². The van der Waals surface area contributed by atoms with E-state index < -0.39 is 70.0 Å². The van der Waals surface area contributed by atoms with Crippen molar-refractivity contribution in [3.63, 3.8) is 0 Å². The number of ketones is 1. The number of nitrogens with two attached hydrogens (primary N) is 3. The number of benzene rings is 6. The number of sulfonamides is 6. The topological polar surface area (TPSA) is 546 Å². The second-order valence-corrected chi connectivity index (χ2v) is 46.7. The Balaban J connectivity index is 0.000000219. The Morgan fingerprint density at radius 3 is 1.07 bits per heavy atom. The van der Waals surface area contributed by atoms with Gasteiger partial charge in [-0.15, -0.1) is 0 Å². The number of hydrogen-bond donors (Lipinski definition) is 5. The molecular formula is C86H107BrCl3N19O21S6. The summed E-state index contributed by atoms with van der Waals surface area (Å²) in [6.07, 6.45) is 10.7. The Morgan fingerprint density at radius 2 is 0.713 bits per heavy atom. The molecule has 14 rings (SSSR count). The smallest absolute Gasteiger partial charge is 0.293 e. The highest BCUT2D eigenvalue weighted by Crippen LogP contribution is 2.41. The van der Waals surface area contributed by atoms with Crippen molar-refractivity contribution in [3.05, 3.63) is 235 Å². The van der Waals surface area contributed by atoms with Crippen LogP contribution in [0.1, 0.15) is 107 Å². The Kier molecular flexibility index (Phi) is 36.8. The number of carbonyl (C=O) groups excluding carboxylic acids is 5. The number of carbonyl (C=O) groups is 5. The lowest BCUT2D eigenvalue weighted by molar-refractivity contribution is -0.384. The van der Waals surface area contributed by atoms with Gasteiger partial charge in [-0.1, -0.05) is 81.1 Å². The molecule has 2 saturated carbocycles. The molecule has 2 aliphatic carbocycles. The second-order valence-electron chi connectivity index (χ2n) is 32.6. The summed E-state index contributed by atoms with van der Waals surface area (Å²) in [7, 11) is -6.83. The number of hydrogen-bond acceptors (Lipinski definition) is 28. The zero-order valence-corrected chi connectivity index (χ0v) is 86.7. The van der Waals surface area contributed by atoms with E-state index in [-0.39, 0.29) is 75.6 Å².